The summed E-state index contributed by atoms with van der Waals surface area (Å²) in [5.41, 5.74) is 0. The molecule has 0 amide bonds. The van der Waals surface area contributed by atoms with E-state index in [1.807, 2.05) is 0 Å². The van der Waals surface area contributed by atoms with Crippen LogP contribution in [0.15, 0.2) is 72.9 Å². The Morgan fingerprint density at radius 1 is 0.500 bits per heavy atom. The van der Waals surface area contributed by atoms with Crippen LogP contribution in [-0.2, 0) is 14.3 Å². The van der Waals surface area contributed by atoms with Gasteiger partial charge in [-0.25, -0.2) is 0 Å². The number of carbonyl (C=O) groups excluding carboxylic acids is 1. The van der Waals surface area contributed by atoms with Crippen molar-refractivity contribution in [2.24, 2.45) is 0 Å². The van der Waals surface area contributed by atoms with Crippen molar-refractivity contribution < 1.29 is 19.4 Å². The fourth-order valence-electron chi connectivity index (χ4n) is 5.70. The molecule has 0 saturated heterocycles. The van der Waals surface area contributed by atoms with Gasteiger partial charge < -0.3 is 14.6 Å². The van der Waals surface area contributed by atoms with Gasteiger partial charge in [-0.05, 0) is 57.8 Å². The Kier molecular flexibility index (Phi) is 41.1. The summed E-state index contributed by atoms with van der Waals surface area (Å²) in [5.74, 6) is -0.220. The average molecular weight is 697 g/mol. The lowest BCUT2D eigenvalue weighted by atomic mass is 10.0. The zero-order chi connectivity index (χ0) is 36.3. The first-order valence-electron chi connectivity index (χ1n) is 21.0. The van der Waals surface area contributed by atoms with E-state index in [-0.39, 0.29) is 19.2 Å². The maximum atomic E-state index is 12.2. The molecule has 1 N–H and O–H groups in total. The molecule has 0 bridgehead atoms. The van der Waals surface area contributed by atoms with Crippen molar-refractivity contribution in [3.63, 3.8) is 0 Å². The van der Waals surface area contributed by atoms with Crippen molar-refractivity contribution in [1.29, 1.82) is 0 Å². The molecule has 4 nitrogen and oxygen atoms in total. The number of hydrogen-bond acceptors (Lipinski definition) is 4. The molecule has 50 heavy (non-hydrogen) atoms. The number of aliphatic hydroxyl groups excluding tert-OH is 1. The molecule has 0 aliphatic rings. The van der Waals surface area contributed by atoms with Gasteiger partial charge in [-0.1, -0.05) is 196 Å². The van der Waals surface area contributed by atoms with E-state index in [1.54, 1.807) is 0 Å². The largest absolute Gasteiger partial charge is 0.457 e. The fourth-order valence-corrected chi connectivity index (χ4v) is 5.70. The van der Waals surface area contributed by atoms with E-state index >= 15 is 0 Å². The van der Waals surface area contributed by atoms with Gasteiger partial charge >= 0.3 is 5.97 Å². The van der Waals surface area contributed by atoms with E-state index in [9.17, 15) is 9.90 Å². The Morgan fingerprint density at radius 2 is 0.880 bits per heavy atom. The van der Waals surface area contributed by atoms with Gasteiger partial charge in [0.1, 0.15) is 6.10 Å². The second kappa shape index (κ2) is 43.0. The summed E-state index contributed by atoms with van der Waals surface area (Å²) in [6, 6.07) is 0. The number of allylic oxidation sites excluding steroid dienone is 12. The Hall–Kier alpha value is -2.17. The number of esters is 1. The van der Waals surface area contributed by atoms with Crippen LogP contribution in [-0.4, -0.2) is 37.0 Å². The molecule has 0 aliphatic heterocycles. The van der Waals surface area contributed by atoms with Crippen LogP contribution in [0.3, 0.4) is 0 Å². The smallest absolute Gasteiger partial charge is 0.306 e. The normalized spacial score (nSPS) is 13.1. The van der Waals surface area contributed by atoms with Crippen LogP contribution in [0.4, 0.5) is 0 Å². The number of unbranched alkanes of at least 4 members (excludes halogenated alkanes) is 18. The van der Waals surface area contributed by atoms with Gasteiger partial charge in [-0.15, -0.1) is 0 Å². The zero-order valence-electron chi connectivity index (χ0n) is 32.9. The first-order chi connectivity index (χ1) is 24.7. The molecular formula is C46H80O4. The Balaban J connectivity index is 3.55. The minimum atomic E-state index is -0.566. The molecule has 0 aliphatic carbocycles. The second-order valence-corrected chi connectivity index (χ2v) is 13.7. The average Bonchev–Trinajstić information content (AvgIpc) is 3.12. The molecule has 0 radical (unpaired) electrons. The third kappa shape index (κ3) is 40.3. The molecule has 288 valence electrons. The fraction of sp³-hybridized carbons (Fsp3) is 0.717. The van der Waals surface area contributed by atoms with Crippen LogP contribution in [0.5, 0.6) is 0 Å². The first kappa shape index (κ1) is 47.8. The summed E-state index contributed by atoms with van der Waals surface area (Å²) < 4.78 is 11.1. The summed E-state index contributed by atoms with van der Waals surface area (Å²) in [6.07, 6.45) is 58.2. The molecule has 4 heteroatoms. The standard InChI is InChI=1S/C46H80O4/c1-3-5-7-9-11-13-15-17-19-21-23-24-26-28-30-32-34-36-38-40-42-49-44-45(43-47)50-46(48)41-39-37-35-33-31-29-27-25-22-20-18-16-14-12-10-8-6-4-2/h5,7,11,13,17,19,23-24,28,30,34,36,45,47H,3-4,6,8-10,12,14-16,18,20-22,25-27,29,31-33,35,37-44H2,1-2H3/b7-5-,13-11-,19-17-,24-23-,30-28-,36-34-. The molecule has 0 spiro atoms. The topological polar surface area (TPSA) is 55.8 Å². The molecule has 0 aromatic heterocycles. The van der Waals surface area contributed by atoms with E-state index in [1.165, 1.54) is 103 Å². The predicted molar refractivity (Wildman–Crippen MR) is 219 cm³/mol. The van der Waals surface area contributed by atoms with Gasteiger partial charge in [-0.2, -0.15) is 0 Å². The molecule has 0 saturated carbocycles. The van der Waals surface area contributed by atoms with Crippen LogP contribution >= 0.6 is 0 Å². The van der Waals surface area contributed by atoms with Crippen molar-refractivity contribution in [2.75, 3.05) is 19.8 Å². The van der Waals surface area contributed by atoms with Gasteiger partial charge in [0.15, 0.2) is 0 Å². The predicted octanol–water partition coefficient (Wildman–Crippen LogP) is 13.8. The van der Waals surface area contributed by atoms with E-state index < -0.39 is 6.10 Å². The summed E-state index contributed by atoms with van der Waals surface area (Å²) in [5, 5.41) is 9.59. The van der Waals surface area contributed by atoms with Crippen molar-refractivity contribution >= 4 is 5.97 Å². The third-order valence-electron chi connectivity index (χ3n) is 8.80. The van der Waals surface area contributed by atoms with Gasteiger partial charge in [-0.3, -0.25) is 4.79 Å². The highest BCUT2D eigenvalue weighted by atomic mass is 16.6. The molecule has 0 rings (SSSR count). The van der Waals surface area contributed by atoms with E-state index in [0.717, 1.165) is 64.2 Å². The first-order valence-corrected chi connectivity index (χ1v) is 21.0. The van der Waals surface area contributed by atoms with Crippen LogP contribution in [0.2, 0.25) is 0 Å². The lowest BCUT2D eigenvalue weighted by Gasteiger charge is -2.15. The molecular weight excluding hydrogens is 617 g/mol. The van der Waals surface area contributed by atoms with Gasteiger partial charge in [0.05, 0.1) is 13.2 Å². The maximum Gasteiger partial charge on any atom is 0.306 e. The number of carbonyl (C=O) groups is 1. The lowest BCUT2D eigenvalue weighted by molar-refractivity contribution is -0.154. The molecule has 0 heterocycles. The Labute approximate surface area is 310 Å². The van der Waals surface area contributed by atoms with Gasteiger partial charge in [0.2, 0.25) is 0 Å². The number of hydrogen-bond donors (Lipinski definition) is 1. The van der Waals surface area contributed by atoms with Crippen LogP contribution in [0.25, 0.3) is 0 Å². The molecule has 0 aromatic carbocycles. The van der Waals surface area contributed by atoms with Crippen LogP contribution < -0.4 is 0 Å². The summed E-state index contributed by atoms with van der Waals surface area (Å²) in [4.78, 5) is 12.2. The van der Waals surface area contributed by atoms with Crippen LogP contribution in [0.1, 0.15) is 187 Å². The number of rotatable bonds is 38. The van der Waals surface area contributed by atoms with Crippen molar-refractivity contribution in [3.05, 3.63) is 72.9 Å². The summed E-state index contributed by atoms with van der Waals surface area (Å²) >= 11 is 0. The summed E-state index contributed by atoms with van der Waals surface area (Å²) in [6.45, 7) is 5.10. The highest BCUT2D eigenvalue weighted by molar-refractivity contribution is 5.69. The Bertz CT molecular complexity index is 865. The SMILES string of the molecule is CC/C=C\C/C=C\C/C=C\C/C=C\C/C=C\C/C=C\CCCOCC(CO)OC(=O)CCCCCCCCCCCCCCCCCCCC. The van der Waals surface area contributed by atoms with Crippen molar-refractivity contribution in [2.45, 2.75) is 193 Å². The minimum absolute atomic E-state index is 0.196. The minimum Gasteiger partial charge on any atom is -0.457 e. The van der Waals surface area contributed by atoms with Crippen molar-refractivity contribution in [3.8, 4) is 0 Å². The highest BCUT2D eigenvalue weighted by Gasteiger charge is 2.13. The molecule has 1 atom stereocenters. The van der Waals surface area contributed by atoms with E-state index in [4.69, 9.17) is 9.47 Å². The molecule has 0 aromatic rings. The number of aliphatic hydroxyl groups is 1. The molecule has 1 unspecified atom stereocenters. The van der Waals surface area contributed by atoms with Crippen LogP contribution in [0, 0.1) is 0 Å². The maximum absolute atomic E-state index is 12.2. The highest BCUT2D eigenvalue weighted by Crippen LogP contribution is 2.15. The van der Waals surface area contributed by atoms with Gasteiger partial charge in [0, 0.05) is 13.0 Å². The van der Waals surface area contributed by atoms with Gasteiger partial charge in [0.25, 0.3) is 0 Å². The number of ether oxygens (including phenoxy) is 2. The third-order valence-corrected chi connectivity index (χ3v) is 8.80. The van der Waals surface area contributed by atoms with Crippen molar-refractivity contribution in [1.82, 2.24) is 0 Å². The second-order valence-electron chi connectivity index (χ2n) is 13.7. The van der Waals surface area contributed by atoms with E-state index in [2.05, 4.69) is 86.8 Å². The monoisotopic (exact) mass is 697 g/mol. The molecule has 0 fully saturated rings. The van der Waals surface area contributed by atoms with E-state index in [0.29, 0.717) is 13.0 Å². The lowest BCUT2D eigenvalue weighted by Crippen LogP contribution is -2.27. The summed E-state index contributed by atoms with van der Waals surface area (Å²) in [7, 11) is 0. The Morgan fingerprint density at radius 3 is 1.28 bits per heavy atom. The quantitative estimate of drug-likeness (QED) is 0.0397. The zero-order valence-corrected chi connectivity index (χ0v) is 32.9.